The van der Waals surface area contributed by atoms with Crippen LogP contribution in [0, 0.1) is 0 Å². The maximum absolute atomic E-state index is 12.6. The van der Waals surface area contributed by atoms with E-state index in [0.717, 1.165) is 38.5 Å². The summed E-state index contributed by atoms with van der Waals surface area (Å²) in [6.45, 7) is 4.23. The average Bonchev–Trinajstić information content (AvgIpc) is 3.39. The van der Waals surface area contributed by atoms with Gasteiger partial charge in [0.25, 0.3) is 0 Å². The topological polar surface area (TPSA) is 89.8 Å². The van der Waals surface area contributed by atoms with Crippen LogP contribution >= 0.6 is 0 Å². The molecule has 72 heavy (non-hydrogen) atoms. The molecule has 5 nitrogen and oxygen atoms in total. The third kappa shape index (κ3) is 56.6. The van der Waals surface area contributed by atoms with E-state index in [1.807, 2.05) is 0 Å². The molecule has 3 unspecified atom stereocenters. The molecule has 0 aromatic rings. The number of nitrogens with one attached hydrogen (secondary N) is 1. The molecule has 0 radical (unpaired) electrons. The van der Waals surface area contributed by atoms with Gasteiger partial charge in [0.15, 0.2) is 0 Å². The lowest BCUT2D eigenvalue weighted by Gasteiger charge is -2.26. The summed E-state index contributed by atoms with van der Waals surface area (Å²) in [6.07, 6.45) is 81.0. The Morgan fingerprint density at radius 1 is 0.347 bits per heavy atom. The molecule has 5 heteroatoms. The molecule has 0 bridgehead atoms. The van der Waals surface area contributed by atoms with Crippen molar-refractivity contribution in [1.29, 1.82) is 0 Å². The summed E-state index contributed by atoms with van der Waals surface area (Å²) in [5.41, 5.74) is 0. The number of hydrogen-bond donors (Lipinski definition) is 4. The highest BCUT2D eigenvalue weighted by molar-refractivity contribution is 5.76. The summed E-state index contributed by atoms with van der Waals surface area (Å²) >= 11 is 0. The van der Waals surface area contributed by atoms with Gasteiger partial charge in [-0.15, -0.1) is 0 Å². The van der Waals surface area contributed by atoms with Crippen LogP contribution in [0.2, 0.25) is 0 Å². The quantitative estimate of drug-likeness (QED) is 0.0361. The Balaban J connectivity index is 3.45. The second kappa shape index (κ2) is 62.4. The Hall–Kier alpha value is -1.17. The Labute approximate surface area is 452 Å². The lowest BCUT2D eigenvalue weighted by Crippen LogP contribution is -2.50. The fourth-order valence-corrected chi connectivity index (χ4v) is 10.7. The van der Waals surface area contributed by atoms with E-state index in [-0.39, 0.29) is 12.5 Å². The lowest BCUT2D eigenvalue weighted by molar-refractivity contribution is -0.124. The molecule has 3 atom stereocenters. The molecule has 0 aliphatic carbocycles. The van der Waals surface area contributed by atoms with Crippen LogP contribution in [0.3, 0.4) is 0 Å². The van der Waals surface area contributed by atoms with Crippen LogP contribution in [0.15, 0.2) is 24.3 Å². The van der Waals surface area contributed by atoms with Gasteiger partial charge in [0.1, 0.15) is 6.10 Å². The van der Waals surface area contributed by atoms with E-state index >= 15 is 0 Å². The predicted octanol–water partition coefficient (Wildman–Crippen LogP) is 21.2. The van der Waals surface area contributed by atoms with Crippen molar-refractivity contribution in [2.75, 3.05) is 6.61 Å². The summed E-state index contributed by atoms with van der Waals surface area (Å²) in [5.74, 6) is -0.138. The van der Waals surface area contributed by atoms with Gasteiger partial charge in [-0.2, -0.15) is 0 Å². The number of hydrogen-bond acceptors (Lipinski definition) is 4. The largest absolute Gasteiger partial charge is 0.394 e. The van der Waals surface area contributed by atoms with Crippen molar-refractivity contribution in [3.05, 3.63) is 24.3 Å². The molecular weight excluding hydrogens is 883 g/mol. The van der Waals surface area contributed by atoms with Crippen LogP contribution in [0.1, 0.15) is 373 Å². The number of allylic oxidation sites excluding steroid dienone is 4. The summed E-state index contributed by atoms with van der Waals surface area (Å²) in [7, 11) is 0. The zero-order valence-corrected chi connectivity index (χ0v) is 49.1. The van der Waals surface area contributed by atoms with Crippen LogP contribution in [0.25, 0.3) is 0 Å². The minimum atomic E-state index is -1.14. The zero-order chi connectivity index (χ0) is 52.2. The molecule has 0 aliphatic rings. The molecule has 0 fully saturated rings. The van der Waals surface area contributed by atoms with Gasteiger partial charge < -0.3 is 20.6 Å². The third-order valence-electron chi connectivity index (χ3n) is 15.8. The first-order valence-electron chi connectivity index (χ1n) is 33.1. The first kappa shape index (κ1) is 70.8. The van der Waals surface area contributed by atoms with Crippen molar-refractivity contribution < 1.29 is 20.1 Å². The van der Waals surface area contributed by atoms with Crippen molar-refractivity contribution >= 4 is 5.91 Å². The van der Waals surface area contributed by atoms with Crippen LogP contribution < -0.4 is 5.32 Å². The van der Waals surface area contributed by atoms with Gasteiger partial charge in [-0.3, -0.25) is 4.79 Å². The number of unbranched alkanes of at least 4 members (excludes halogenated alkanes) is 50. The molecular formula is C67H131NO4. The fraction of sp³-hybridized carbons (Fsp3) is 0.925. The maximum atomic E-state index is 12.6. The Bertz CT molecular complexity index is 1080. The fourth-order valence-electron chi connectivity index (χ4n) is 10.7. The van der Waals surface area contributed by atoms with E-state index in [4.69, 9.17) is 0 Å². The number of aliphatic hydroxyl groups excluding tert-OH is 3. The monoisotopic (exact) mass is 1010 g/mol. The predicted molar refractivity (Wildman–Crippen MR) is 319 cm³/mol. The Morgan fingerprint density at radius 3 is 0.875 bits per heavy atom. The minimum absolute atomic E-state index is 0.138. The molecule has 0 aliphatic heterocycles. The number of carbonyl (C=O) groups excluding carboxylic acids is 1. The summed E-state index contributed by atoms with van der Waals surface area (Å²) < 4.78 is 0. The smallest absolute Gasteiger partial charge is 0.220 e. The lowest BCUT2D eigenvalue weighted by atomic mass is 9.99. The van der Waals surface area contributed by atoms with Gasteiger partial charge in [-0.25, -0.2) is 0 Å². The van der Waals surface area contributed by atoms with Crippen LogP contribution in [0.5, 0.6) is 0 Å². The molecule has 1 amide bonds. The second-order valence-electron chi connectivity index (χ2n) is 23.0. The van der Waals surface area contributed by atoms with Crippen molar-refractivity contribution in [2.24, 2.45) is 0 Å². The van der Waals surface area contributed by atoms with Crippen molar-refractivity contribution in [2.45, 2.75) is 392 Å². The molecule has 0 saturated heterocycles. The molecule has 0 aromatic carbocycles. The van der Waals surface area contributed by atoms with Crippen LogP contribution in [0.4, 0.5) is 0 Å². The second-order valence-corrected chi connectivity index (χ2v) is 23.0. The highest BCUT2D eigenvalue weighted by Gasteiger charge is 2.26. The number of carbonyl (C=O) groups is 1. The summed E-state index contributed by atoms with van der Waals surface area (Å²) in [5, 5.41) is 33.9. The first-order valence-corrected chi connectivity index (χ1v) is 33.1. The van der Waals surface area contributed by atoms with Gasteiger partial charge in [0.05, 0.1) is 18.8 Å². The maximum Gasteiger partial charge on any atom is 0.220 e. The van der Waals surface area contributed by atoms with Gasteiger partial charge in [0, 0.05) is 6.42 Å². The van der Waals surface area contributed by atoms with E-state index in [1.165, 1.54) is 308 Å². The molecule has 0 heterocycles. The first-order chi connectivity index (χ1) is 35.6. The highest BCUT2D eigenvalue weighted by atomic mass is 16.3. The summed E-state index contributed by atoms with van der Waals surface area (Å²) in [4.78, 5) is 12.6. The highest BCUT2D eigenvalue weighted by Crippen LogP contribution is 2.19. The van der Waals surface area contributed by atoms with Gasteiger partial charge in [0.2, 0.25) is 5.91 Å². The van der Waals surface area contributed by atoms with E-state index in [1.54, 1.807) is 0 Å². The minimum Gasteiger partial charge on any atom is -0.394 e. The number of rotatable bonds is 62. The standard InChI is InChI=1S/C67H131NO4/c1-3-5-7-9-11-13-15-17-19-21-23-24-25-26-27-28-29-30-31-32-33-34-35-36-37-38-39-40-41-42-44-46-48-50-52-54-56-58-60-62-66(71)68-64(63-69)67(72)65(70)61-59-57-55-53-51-49-47-45-43-22-20-18-16-14-12-10-8-6-4-2/h29-30,32-33,64-65,67,69-70,72H,3-28,31,34-63H2,1-2H3,(H,68,71)/b30-29-,33-32-. The number of amides is 1. The van der Waals surface area contributed by atoms with Crippen molar-refractivity contribution in [3.63, 3.8) is 0 Å². The number of aliphatic hydroxyl groups is 3. The molecule has 428 valence electrons. The molecule has 0 aromatic heterocycles. The average molecular weight is 1010 g/mol. The molecule has 0 spiro atoms. The van der Waals surface area contributed by atoms with Crippen molar-refractivity contribution in [1.82, 2.24) is 5.32 Å². The van der Waals surface area contributed by atoms with Gasteiger partial charge in [-0.1, -0.05) is 346 Å². The molecule has 4 N–H and O–H groups in total. The molecule has 0 rings (SSSR count). The van der Waals surface area contributed by atoms with Crippen LogP contribution in [-0.2, 0) is 4.79 Å². The van der Waals surface area contributed by atoms with Crippen molar-refractivity contribution in [3.8, 4) is 0 Å². The zero-order valence-electron chi connectivity index (χ0n) is 49.1. The Kier molecular flexibility index (Phi) is 61.4. The summed E-state index contributed by atoms with van der Waals surface area (Å²) in [6, 6.07) is -0.808. The van der Waals surface area contributed by atoms with Gasteiger partial charge in [-0.05, 0) is 44.9 Å². The van der Waals surface area contributed by atoms with E-state index < -0.39 is 18.2 Å². The van der Waals surface area contributed by atoms with Crippen LogP contribution in [-0.4, -0.2) is 46.1 Å². The van der Waals surface area contributed by atoms with E-state index in [0.29, 0.717) is 12.8 Å². The SMILES string of the molecule is CCCCCCCCCCCCCCCCC/C=C\C/C=C\CCCCCCCCCCCCCCCCCCCC(=O)NC(CO)C(O)C(O)CCCCCCCCCCCCCCCCCCCCC. The van der Waals surface area contributed by atoms with E-state index in [9.17, 15) is 20.1 Å². The van der Waals surface area contributed by atoms with Gasteiger partial charge >= 0.3 is 0 Å². The third-order valence-corrected chi connectivity index (χ3v) is 15.8. The molecule has 0 saturated carbocycles. The Morgan fingerprint density at radius 2 is 0.597 bits per heavy atom. The normalized spacial score (nSPS) is 13.2. The van der Waals surface area contributed by atoms with E-state index in [2.05, 4.69) is 43.5 Å².